The van der Waals surface area contributed by atoms with E-state index in [0.29, 0.717) is 38.0 Å². The summed E-state index contributed by atoms with van der Waals surface area (Å²) in [6.45, 7) is 13.1. The summed E-state index contributed by atoms with van der Waals surface area (Å²) in [5.74, 6) is 0.475. The Labute approximate surface area is 354 Å². The van der Waals surface area contributed by atoms with Crippen molar-refractivity contribution in [1.82, 2.24) is 9.80 Å². The number of aliphatic hydroxyl groups is 1. The average Bonchev–Trinajstić information content (AvgIpc) is 3.76. The zero-order valence-corrected chi connectivity index (χ0v) is 38.5. The van der Waals surface area contributed by atoms with Crippen molar-refractivity contribution in [3.63, 3.8) is 0 Å². The molecule has 1 aliphatic carbocycles. The van der Waals surface area contributed by atoms with Gasteiger partial charge in [0.1, 0.15) is 0 Å². The van der Waals surface area contributed by atoms with Crippen molar-refractivity contribution in [2.45, 2.75) is 252 Å². The van der Waals surface area contributed by atoms with E-state index in [4.69, 9.17) is 9.47 Å². The van der Waals surface area contributed by atoms with Crippen LogP contribution in [0.5, 0.6) is 0 Å². The van der Waals surface area contributed by atoms with E-state index in [0.717, 1.165) is 84.1 Å². The lowest BCUT2D eigenvalue weighted by atomic mass is 9.94. The number of carbonyl (C=O) groups excluding carboxylic acids is 2. The van der Waals surface area contributed by atoms with Gasteiger partial charge in [-0.05, 0) is 76.8 Å². The largest absolute Gasteiger partial charge is 0.466 e. The van der Waals surface area contributed by atoms with Gasteiger partial charge in [-0.15, -0.1) is 0 Å². The van der Waals surface area contributed by atoms with Crippen LogP contribution < -0.4 is 0 Å². The molecule has 0 aromatic carbocycles. The van der Waals surface area contributed by atoms with Gasteiger partial charge in [0.15, 0.2) is 0 Å². The van der Waals surface area contributed by atoms with Gasteiger partial charge in [-0.3, -0.25) is 14.5 Å². The maximum absolute atomic E-state index is 12.8. The molecule has 0 saturated heterocycles. The number of ether oxygens (including phenoxy) is 2. The van der Waals surface area contributed by atoms with Gasteiger partial charge in [0, 0.05) is 38.5 Å². The Balaban J connectivity index is 2.40. The van der Waals surface area contributed by atoms with Crippen LogP contribution in [0, 0.1) is 5.92 Å². The summed E-state index contributed by atoms with van der Waals surface area (Å²) in [5.41, 5.74) is 0. The molecule has 1 saturated carbocycles. The lowest BCUT2D eigenvalue weighted by Gasteiger charge is -2.31. The predicted octanol–water partition coefficient (Wildman–Crippen LogP) is 13.4. The summed E-state index contributed by atoms with van der Waals surface area (Å²) in [6.07, 6.45) is 41.9. The van der Waals surface area contributed by atoms with Crippen LogP contribution in [-0.4, -0.2) is 85.4 Å². The Kier molecular flexibility index (Phi) is 39.2. The van der Waals surface area contributed by atoms with Gasteiger partial charge in [-0.1, -0.05) is 175 Å². The van der Waals surface area contributed by atoms with Gasteiger partial charge >= 0.3 is 11.9 Å². The molecule has 1 fully saturated rings. The molecule has 0 heterocycles. The van der Waals surface area contributed by atoms with E-state index in [1.807, 2.05) is 0 Å². The number of hydrogen-bond acceptors (Lipinski definition) is 7. The summed E-state index contributed by atoms with van der Waals surface area (Å²) >= 11 is 0. The van der Waals surface area contributed by atoms with Gasteiger partial charge < -0.3 is 19.5 Å². The van der Waals surface area contributed by atoms with Gasteiger partial charge in [0.05, 0.1) is 19.8 Å². The lowest BCUT2D eigenvalue weighted by molar-refractivity contribution is -0.145. The zero-order chi connectivity index (χ0) is 41.3. The number of aliphatic hydroxyl groups excluding tert-OH is 1. The van der Waals surface area contributed by atoms with Crippen molar-refractivity contribution in [2.24, 2.45) is 5.92 Å². The van der Waals surface area contributed by atoms with E-state index < -0.39 is 0 Å². The second-order valence-electron chi connectivity index (χ2n) is 17.9. The highest BCUT2D eigenvalue weighted by Crippen LogP contribution is 2.24. The molecule has 1 aliphatic rings. The molecule has 0 aromatic heterocycles. The molecule has 7 nitrogen and oxygen atoms in total. The smallest absolute Gasteiger partial charge is 0.305 e. The van der Waals surface area contributed by atoms with Gasteiger partial charge in [0.2, 0.25) is 0 Å². The van der Waals surface area contributed by atoms with E-state index in [1.165, 1.54) is 161 Å². The predicted molar refractivity (Wildman–Crippen MR) is 243 cm³/mol. The summed E-state index contributed by atoms with van der Waals surface area (Å²) in [7, 11) is 0. The van der Waals surface area contributed by atoms with Crippen LogP contribution >= 0.6 is 0 Å². The van der Waals surface area contributed by atoms with E-state index in [9.17, 15) is 14.7 Å². The minimum Gasteiger partial charge on any atom is -0.466 e. The molecule has 0 radical (unpaired) electrons. The molecule has 0 aliphatic heterocycles. The van der Waals surface area contributed by atoms with Crippen molar-refractivity contribution in [2.75, 3.05) is 52.5 Å². The topological polar surface area (TPSA) is 79.3 Å². The molecule has 7 heteroatoms. The second kappa shape index (κ2) is 41.5. The lowest BCUT2D eigenvalue weighted by Crippen LogP contribution is -2.42. The first kappa shape index (κ1) is 53.8. The molecule has 0 aromatic rings. The molecule has 0 unspecified atom stereocenters. The van der Waals surface area contributed by atoms with Gasteiger partial charge in [-0.25, -0.2) is 0 Å². The Morgan fingerprint density at radius 2 is 0.947 bits per heavy atom. The highest BCUT2D eigenvalue weighted by molar-refractivity contribution is 5.69. The molecule has 57 heavy (non-hydrogen) atoms. The quantitative estimate of drug-likeness (QED) is 0.0485. The molecule has 0 amide bonds. The number of rotatable bonds is 44. The van der Waals surface area contributed by atoms with Crippen molar-refractivity contribution in [1.29, 1.82) is 0 Å². The normalized spacial score (nSPS) is 13.5. The standard InChI is InChI=1S/C50H98N2O5/c1-4-7-10-13-16-17-18-21-32-45-56-49(54)37-26-22-30-39-51(41-42-52(43-44-53)48-35-28-29-36-48)40-31-23-27-38-50(55)57-46-47(33-24-19-14-11-8-5-2)34-25-20-15-12-9-6-3/h47-48,53H,4-46H2,1-3H3. The number of unbranched alkanes of at least 4 members (excludes halogenated alkanes) is 22. The van der Waals surface area contributed by atoms with Crippen LogP contribution in [-0.2, 0) is 19.1 Å². The Morgan fingerprint density at radius 1 is 0.509 bits per heavy atom. The summed E-state index contributed by atoms with van der Waals surface area (Å²) in [6, 6.07) is 0.614. The summed E-state index contributed by atoms with van der Waals surface area (Å²) < 4.78 is 11.4. The maximum Gasteiger partial charge on any atom is 0.305 e. The SMILES string of the molecule is CCCCCCCCCCCOC(=O)CCCCCN(CCCCCC(=O)OCC(CCCCCCCC)CCCCCCCC)CCN(CCO)C1CCCC1. The monoisotopic (exact) mass is 807 g/mol. The van der Waals surface area contributed by atoms with E-state index in [1.54, 1.807) is 0 Å². The average molecular weight is 807 g/mol. The third kappa shape index (κ3) is 34.3. The van der Waals surface area contributed by atoms with E-state index in [2.05, 4.69) is 30.6 Å². The van der Waals surface area contributed by atoms with Crippen molar-refractivity contribution in [3.05, 3.63) is 0 Å². The van der Waals surface area contributed by atoms with Crippen LogP contribution in [0.3, 0.4) is 0 Å². The first-order chi connectivity index (χ1) is 28.0. The first-order valence-electron chi connectivity index (χ1n) is 25.4. The number of carbonyl (C=O) groups is 2. The minimum absolute atomic E-state index is 0.00866. The Hall–Kier alpha value is -1.18. The Bertz CT molecular complexity index is 850. The van der Waals surface area contributed by atoms with E-state index in [-0.39, 0.29) is 18.5 Å². The molecule has 338 valence electrons. The fourth-order valence-electron chi connectivity index (χ4n) is 8.73. The molecule has 1 N–H and O–H groups in total. The second-order valence-corrected chi connectivity index (χ2v) is 17.9. The van der Waals surface area contributed by atoms with Crippen LogP contribution in [0.2, 0.25) is 0 Å². The Morgan fingerprint density at radius 3 is 1.44 bits per heavy atom. The van der Waals surface area contributed by atoms with E-state index >= 15 is 0 Å². The molecule has 0 atom stereocenters. The molecular formula is C50H98N2O5. The van der Waals surface area contributed by atoms with Gasteiger partial charge in [-0.2, -0.15) is 0 Å². The summed E-state index contributed by atoms with van der Waals surface area (Å²) in [5, 5.41) is 9.77. The number of nitrogens with zero attached hydrogens (tertiary/aromatic N) is 2. The minimum atomic E-state index is -0.0349. The van der Waals surface area contributed by atoms with Crippen molar-refractivity contribution in [3.8, 4) is 0 Å². The fourth-order valence-corrected chi connectivity index (χ4v) is 8.73. The molecule has 0 bridgehead atoms. The number of hydrogen-bond donors (Lipinski definition) is 1. The highest BCUT2D eigenvalue weighted by Gasteiger charge is 2.22. The van der Waals surface area contributed by atoms with Crippen LogP contribution in [0.1, 0.15) is 245 Å². The molecular weight excluding hydrogens is 709 g/mol. The first-order valence-corrected chi connectivity index (χ1v) is 25.4. The molecule has 0 spiro atoms. The molecule has 1 rings (SSSR count). The van der Waals surface area contributed by atoms with Crippen LogP contribution in [0.15, 0.2) is 0 Å². The highest BCUT2D eigenvalue weighted by atomic mass is 16.5. The summed E-state index contributed by atoms with van der Waals surface area (Å²) in [4.78, 5) is 30.3. The van der Waals surface area contributed by atoms with Crippen LogP contribution in [0.4, 0.5) is 0 Å². The van der Waals surface area contributed by atoms with Crippen LogP contribution in [0.25, 0.3) is 0 Å². The third-order valence-corrected chi connectivity index (χ3v) is 12.6. The maximum atomic E-state index is 12.8. The van der Waals surface area contributed by atoms with Crippen molar-refractivity contribution < 1.29 is 24.2 Å². The number of esters is 2. The van der Waals surface area contributed by atoms with Gasteiger partial charge in [0.25, 0.3) is 0 Å². The third-order valence-electron chi connectivity index (χ3n) is 12.6. The van der Waals surface area contributed by atoms with Crippen molar-refractivity contribution >= 4 is 11.9 Å². The zero-order valence-electron chi connectivity index (χ0n) is 38.5. The fraction of sp³-hybridized carbons (Fsp3) is 0.960.